The van der Waals surface area contributed by atoms with Gasteiger partial charge >= 0.3 is 0 Å². The van der Waals surface area contributed by atoms with E-state index < -0.39 is 10.5 Å². The quantitative estimate of drug-likeness (QED) is 0.101. The highest BCUT2D eigenvalue weighted by Gasteiger charge is 2.41. The fourth-order valence-corrected chi connectivity index (χ4v) is 7.10. The van der Waals surface area contributed by atoms with Gasteiger partial charge in [0, 0.05) is 34.0 Å². The second kappa shape index (κ2) is 13.1. The number of carbonyl (C=O) groups excluding carboxylic acids is 1. The van der Waals surface area contributed by atoms with Gasteiger partial charge in [0.25, 0.3) is 5.69 Å². The van der Waals surface area contributed by atoms with Gasteiger partial charge in [0.1, 0.15) is 5.54 Å². The number of hydrogen-bond donors (Lipinski definition) is 1. The van der Waals surface area contributed by atoms with Crippen molar-refractivity contribution in [1.82, 2.24) is 14.7 Å². The number of likely N-dealkylation sites (tertiary alicyclic amines) is 1. The summed E-state index contributed by atoms with van der Waals surface area (Å²) in [5.74, 6) is 0.209. The molecule has 0 unspecified atom stereocenters. The molecular weight excluding hydrogens is 622 g/mol. The van der Waals surface area contributed by atoms with Crippen molar-refractivity contribution in [3.63, 3.8) is 0 Å². The summed E-state index contributed by atoms with van der Waals surface area (Å²) in [5, 5.41) is 21.2. The molecule has 0 radical (unpaired) electrons. The minimum atomic E-state index is -0.927. The van der Waals surface area contributed by atoms with Crippen LogP contribution in [-0.2, 0) is 10.3 Å². The minimum absolute atomic E-state index is 0.0581. The summed E-state index contributed by atoms with van der Waals surface area (Å²) < 4.78 is 2.01. The Morgan fingerprint density at radius 3 is 1.94 bits per heavy atom. The van der Waals surface area contributed by atoms with Gasteiger partial charge < -0.3 is 10.2 Å². The molecule has 1 N–H and O–H groups in total. The van der Waals surface area contributed by atoms with Gasteiger partial charge in [-0.05, 0) is 73.4 Å². The third-order valence-corrected chi connectivity index (χ3v) is 9.70. The second-order valence-corrected chi connectivity index (χ2v) is 12.7. The van der Waals surface area contributed by atoms with Crippen molar-refractivity contribution in [1.29, 1.82) is 0 Å². The van der Waals surface area contributed by atoms with E-state index in [4.69, 9.17) is 16.7 Å². The van der Waals surface area contributed by atoms with Crippen LogP contribution in [0.25, 0.3) is 22.0 Å². The molecule has 0 aliphatic carbocycles. The first-order valence-corrected chi connectivity index (χ1v) is 16.4. The number of carbonyl (C=O) groups is 1. The Morgan fingerprint density at radius 1 is 0.833 bits per heavy atom. The molecule has 9 heteroatoms. The number of rotatable bonds is 8. The Morgan fingerprint density at radius 2 is 1.40 bits per heavy atom. The molecule has 1 aromatic heterocycles. The molecule has 1 fully saturated rings. The number of nitro groups is 1. The molecule has 1 saturated heterocycles. The predicted octanol–water partition coefficient (Wildman–Crippen LogP) is 8.39. The van der Waals surface area contributed by atoms with E-state index in [2.05, 4.69) is 53.7 Å². The number of anilines is 1. The molecular formula is C39H34ClN5O3. The van der Waals surface area contributed by atoms with Gasteiger partial charge in [0.15, 0.2) is 5.82 Å². The molecule has 1 aliphatic rings. The maximum Gasteiger partial charge on any atom is 0.270 e. The number of hydrogen-bond acceptors (Lipinski definition) is 5. The average Bonchev–Trinajstić information content (AvgIpc) is 3.47. The maximum atomic E-state index is 13.8. The first kappa shape index (κ1) is 31.3. The molecule has 0 atom stereocenters. The maximum absolute atomic E-state index is 13.8. The van der Waals surface area contributed by atoms with Crippen LogP contribution in [-0.4, -0.2) is 45.6 Å². The molecule has 6 aromatic rings. The average molecular weight is 656 g/mol. The van der Waals surface area contributed by atoms with E-state index in [1.54, 1.807) is 0 Å². The van der Waals surface area contributed by atoms with Crippen LogP contribution in [0, 0.1) is 16.0 Å². The summed E-state index contributed by atoms with van der Waals surface area (Å²) in [5.41, 5.74) is 3.96. The number of aromatic nitrogens is 2. The topological polar surface area (TPSA) is 93.3 Å². The smallest absolute Gasteiger partial charge is 0.270 e. The second-order valence-electron chi connectivity index (χ2n) is 12.3. The number of benzene rings is 5. The summed E-state index contributed by atoms with van der Waals surface area (Å²) in [6.07, 6.45) is 1.52. The van der Waals surface area contributed by atoms with E-state index >= 15 is 0 Å². The van der Waals surface area contributed by atoms with E-state index in [-0.39, 0.29) is 17.5 Å². The van der Waals surface area contributed by atoms with Crippen molar-refractivity contribution < 1.29 is 9.72 Å². The lowest BCUT2D eigenvalue weighted by Crippen LogP contribution is -2.39. The molecule has 48 heavy (non-hydrogen) atoms. The highest BCUT2D eigenvalue weighted by Crippen LogP contribution is 2.44. The third-order valence-electron chi connectivity index (χ3n) is 9.37. The van der Waals surface area contributed by atoms with E-state index in [9.17, 15) is 14.9 Å². The van der Waals surface area contributed by atoms with E-state index in [0.717, 1.165) is 48.1 Å². The fourth-order valence-electron chi connectivity index (χ4n) is 6.88. The van der Waals surface area contributed by atoms with Gasteiger partial charge in [-0.1, -0.05) is 109 Å². The van der Waals surface area contributed by atoms with Crippen LogP contribution in [0.4, 0.5) is 11.5 Å². The monoisotopic (exact) mass is 655 g/mol. The van der Waals surface area contributed by atoms with E-state index in [1.165, 1.54) is 18.2 Å². The van der Waals surface area contributed by atoms with E-state index in [0.29, 0.717) is 27.4 Å². The van der Waals surface area contributed by atoms with Crippen molar-refractivity contribution in [2.24, 2.45) is 5.92 Å². The molecule has 240 valence electrons. The Kier molecular flexibility index (Phi) is 8.52. The molecule has 0 bridgehead atoms. The highest BCUT2D eigenvalue weighted by molar-refractivity contribution is 6.33. The molecule has 1 amide bonds. The lowest BCUT2D eigenvalue weighted by atomic mass is 9.77. The number of non-ortho nitro benzene ring substituents is 1. The Hall–Kier alpha value is -5.31. The molecule has 8 nitrogen and oxygen atoms in total. The third kappa shape index (κ3) is 5.63. The lowest BCUT2D eigenvalue weighted by molar-refractivity contribution is -0.384. The molecule has 0 spiro atoms. The summed E-state index contributed by atoms with van der Waals surface area (Å²) in [6.45, 7) is 1.70. The number of halogens is 1. The van der Waals surface area contributed by atoms with Crippen LogP contribution in [0.2, 0.25) is 5.02 Å². The molecule has 5 aromatic carbocycles. The van der Waals surface area contributed by atoms with Crippen molar-refractivity contribution in [3.05, 3.63) is 159 Å². The van der Waals surface area contributed by atoms with Crippen molar-refractivity contribution in [3.8, 4) is 11.1 Å². The SMILES string of the molecule is CN1CCC(C(=O)Nc2nn(C(c3ccccc3)(c3ccccc3)c3ccccc3)c3ccc(-c4cc([N+](=O)[O-])ccc4Cl)cc23)CC1. The van der Waals surface area contributed by atoms with Gasteiger partial charge in [0.2, 0.25) is 5.91 Å². The number of fused-ring (bicyclic) bond motifs is 1. The van der Waals surface area contributed by atoms with Crippen molar-refractivity contribution in [2.45, 2.75) is 18.4 Å². The zero-order chi connectivity index (χ0) is 33.3. The Bertz CT molecular complexity index is 2000. The summed E-state index contributed by atoms with van der Waals surface area (Å²) >= 11 is 6.62. The van der Waals surface area contributed by atoms with Gasteiger partial charge in [-0.15, -0.1) is 0 Å². The van der Waals surface area contributed by atoms with Crippen LogP contribution in [0.3, 0.4) is 0 Å². The number of nitro benzene ring substituents is 1. The number of nitrogens with one attached hydrogen (secondary N) is 1. The minimum Gasteiger partial charge on any atom is -0.308 e. The summed E-state index contributed by atoms with van der Waals surface area (Å²) in [7, 11) is 2.07. The number of amides is 1. The normalized spacial score (nSPS) is 14.2. The van der Waals surface area contributed by atoms with Crippen LogP contribution >= 0.6 is 11.6 Å². The standard InChI is InChI=1S/C39H34ClN5O3/c1-43-23-21-27(22-24-43)38(46)41-37-34-25-28(33-26-32(45(47)48)18-19-35(33)40)17-20-36(34)44(42-37)39(29-11-5-2-6-12-29,30-13-7-3-8-14-30)31-15-9-4-10-16-31/h2-20,25-27H,21-24H2,1H3,(H,41,42,46). The van der Waals surface area contributed by atoms with Crippen LogP contribution in [0.15, 0.2) is 127 Å². The Labute approximate surface area is 283 Å². The van der Waals surface area contributed by atoms with Gasteiger partial charge in [-0.2, -0.15) is 5.10 Å². The largest absolute Gasteiger partial charge is 0.308 e. The molecule has 7 rings (SSSR count). The van der Waals surface area contributed by atoms with Crippen LogP contribution < -0.4 is 5.32 Å². The van der Waals surface area contributed by atoms with Crippen molar-refractivity contribution >= 4 is 39.9 Å². The Balaban J connectivity index is 1.50. The summed E-state index contributed by atoms with van der Waals surface area (Å²) in [6, 6.07) is 40.9. The number of piperidine rings is 1. The van der Waals surface area contributed by atoms with Crippen LogP contribution in [0.1, 0.15) is 29.5 Å². The highest BCUT2D eigenvalue weighted by atomic mass is 35.5. The lowest BCUT2D eigenvalue weighted by Gasteiger charge is -2.37. The van der Waals surface area contributed by atoms with Gasteiger partial charge in [0.05, 0.1) is 10.4 Å². The molecule has 0 saturated carbocycles. The predicted molar refractivity (Wildman–Crippen MR) is 190 cm³/mol. The molecule has 2 heterocycles. The van der Waals surface area contributed by atoms with Gasteiger partial charge in [-0.25, -0.2) is 4.68 Å². The van der Waals surface area contributed by atoms with Gasteiger partial charge in [-0.3, -0.25) is 14.9 Å². The van der Waals surface area contributed by atoms with Crippen molar-refractivity contribution in [2.75, 3.05) is 25.5 Å². The zero-order valence-electron chi connectivity index (χ0n) is 26.4. The summed E-state index contributed by atoms with van der Waals surface area (Å²) in [4.78, 5) is 27.3. The zero-order valence-corrected chi connectivity index (χ0v) is 27.2. The first-order valence-electron chi connectivity index (χ1n) is 16.0. The fraction of sp³-hybridized carbons (Fsp3) is 0.179. The van der Waals surface area contributed by atoms with E-state index in [1.807, 2.05) is 77.5 Å². The van der Waals surface area contributed by atoms with Crippen LogP contribution in [0.5, 0.6) is 0 Å². The number of nitrogens with zero attached hydrogens (tertiary/aromatic N) is 4. The first-order chi connectivity index (χ1) is 23.4. The molecule has 1 aliphatic heterocycles.